The van der Waals surface area contributed by atoms with Crippen LogP contribution >= 0.6 is 0 Å². The van der Waals surface area contributed by atoms with Crippen LogP contribution in [0.4, 0.5) is 0 Å². The molecule has 0 fully saturated rings. The minimum absolute atomic E-state index is 0.505. The second-order valence-corrected chi connectivity index (χ2v) is 4.18. The SMILES string of the molecule is CC(C)CC#CCCC(O)c1cncnc1. The van der Waals surface area contributed by atoms with E-state index in [2.05, 4.69) is 35.7 Å². The van der Waals surface area contributed by atoms with Crippen molar-refractivity contribution in [1.82, 2.24) is 9.97 Å². The molecule has 0 saturated heterocycles. The third-order valence-electron chi connectivity index (χ3n) is 2.14. The smallest absolute Gasteiger partial charge is 0.115 e. The Bertz CT molecular complexity index is 351. The van der Waals surface area contributed by atoms with Crippen LogP contribution in [-0.4, -0.2) is 15.1 Å². The number of aliphatic hydroxyl groups is 1. The Labute approximate surface area is 96.9 Å². The molecule has 0 spiro atoms. The van der Waals surface area contributed by atoms with Gasteiger partial charge in [0, 0.05) is 30.8 Å². The van der Waals surface area contributed by atoms with E-state index >= 15 is 0 Å². The molecular formula is C13H18N2O. The van der Waals surface area contributed by atoms with Gasteiger partial charge in [0.25, 0.3) is 0 Å². The Balaban J connectivity index is 2.30. The van der Waals surface area contributed by atoms with Gasteiger partial charge in [-0.2, -0.15) is 0 Å². The second-order valence-electron chi connectivity index (χ2n) is 4.18. The highest BCUT2D eigenvalue weighted by atomic mass is 16.3. The quantitative estimate of drug-likeness (QED) is 0.789. The lowest BCUT2D eigenvalue weighted by molar-refractivity contribution is 0.168. The van der Waals surface area contributed by atoms with E-state index < -0.39 is 6.10 Å². The lowest BCUT2D eigenvalue weighted by Gasteiger charge is -2.06. The summed E-state index contributed by atoms with van der Waals surface area (Å²) in [5.74, 6) is 6.78. The molecule has 1 rings (SSSR count). The van der Waals surface area contributed by atoms with E-state index in [-0.39, 0.29) is 0 Å². The van der Waals surface area contributed by atoms with Crippen LogP contribution in [0.25, 0.3) is 0 Å². The maximum atomic E-state index is 9.78. The van der Waals surface area contributed by atoms with E-state index in [4.69, 9.17) is 0 Å². The molecule has 0 radical (unpaired) electrons. The van der Waals surface area contributed by atoms with E-state index in [1.807, 2.05) is 0 Å². The van der Waals surface area contributed by atoms with Gasteiger partial charge in [-0.1, -0.05) is 13.8 Å². The van der Waals surface area contributed by atoms with E-state index in [0.717, 1.165) is 12.0 Å². The Kier molecular flexibility index (Phi) is 5.52. The minimum atomic E-state index is -0.505. The zero-order valence-electron chi connectivity index (χ0n) is 9.85. The van der Waals surface area contributed by atoms with Gasteiger partial charge in [-0.25, -0.2) is 9.97 Å². The molecular weight excluding hydrogens is 200 g/mol. The third kappa shape index (κ3) is 4.90. The molecule has 3 nitrogen and oxygen atoms in total. The summed E-state index contributed by atoms with van der Waals surface area (Å²) in [6, 6.07) is 0. The average molecular weight is 218 g/mol. The highest BCUT2D eigenvalue weighted by molar-refractivity contribution is 5.08. The first-order valence-electron chi connectivity index (χ1n) is 5.59. The van der Waals surface area contributed by atoms with Crippen LogP contribution in [0.3, 0.4) is 0 Å². The second kappa shape index (κ2) is 6.97. The highest BCUT2D eigenvalue weighted by Gasteiger charge is 2.05. The molecule has 0 aromatic carbocycles. The van der Waals surface area contributed by atoms with Crippen LogP contribution in [0.15, 0.2) is 18.7 Å². The van der Waals surface area contributed by atoms with Gasteiger partial charge < -0.3 is 5.11 Å². The zero-order valence-corrected chi connectivity index (χ0v) is 9.85. The molecule has 0 aliphatic rings. The van der Waals surface area contributed by atoms with Crippen LogP contribution in [0.2, 0.25) is 0 Å². The largest absolute Gasteiger partial charge is 0.388 e. The molecule has 1 unspecified atom stereocenters. The maximum absolute atomic E-state index is 9.78. The Morgan fingerprint density at radius 2 is 1.94 bits per heavy atom. The van der Waals surface area contributed by atoms with Gasteiger partial charge in [-0.15, -0.1) is 11.8 Å². The van der Waals surface area contributed by atoms with E-state index in [1.165, 1.54) is 6.33 Å². The summed E-state index contributed by atoms with van der Waals surface area (Å²) >= 11 is 0. The van der Waals surface area contributed by atoms with Gasteiger partial charge in [-0.3, -0.25) is 0 Å². The molecule has 16 heavy (non-hydrogen) atoms. The van der Waals surface area contributed by atoms with Gasteiger partial charge in [0.15, 0.2) is 0 Å². The normalized spacial score (nSPS) is 12.0. The molecule has 0 bridgehead atoms. The molecule has 0 aliphatic heterocycles. The first-order chi connectivity index (χ1) is 7.70. The van der Waals surface area contributed by atoms with Crippen LogP contribution < -0.4 is 0 Å². The number of nitrogens with zero attached hydrogens (tertiary/aromatic N) is 2. The fourth-order valence-corrected chi connectivity index (χ4v) is 1.22. The molecule has 3 heteroatoms. The van der Waals surface area contributed by atoms with Gasteiger partial charge in [0.1, 0.15) is 6.33 Å². The summed E-state index contributed by atoms with van der Waals surface area (Å²) in [5, 5.41) is 9.78. The predicted octanol–water partition coefficient (Wildman–Crippen LogP) is 2.34. The Morgan fingerprint density at radius 3 is 2.56 bits per heavy atom. The summed E-state index contributed by atoms with van der Waals surface area (Å²) in [6.45, 7) is 4.29. The van der Waals surface area contributed by atoms with Crippen molar-refractivity contribution in [2.75, 3.05) is 0 Å². The molecule has 1 N–H and O–H groups in total. The van der Waals surface area contributed by atoms with Crippen LogP contribution in [-0.2, 0) is 0 Å². The molecule has 1 aromatic heterocycles. The molecule has 1 aromatic rings. The van der Waals surface area contributed by atoms with Crippen molar-refractivity contribution in [2.24, 2.45) is 5.92 Å². The summed E-state index contributed by atoms with van der Waals surface area (Å²) in [5.41, 5.74) is 0.758. The highest BCUT2D eigenvalue weighted by Crippen LogP contribution is 2.15. The number of hydrogen-bond donors (Lipinski definition) is 1. The van der Waals surface area contributed by atoms with Crippen molar-refractivity contribution < 1.29 is 5.11 Å². The first-order valence-corrected chi connectivity index (χ1v) is 5.59. The summed E-state index contributed by atoms with van der Waals surface area (Å²) in [4.78, 5) is 7.73. The first kappa shape index (κ1) is 12.7. The molecule has 0 aliphatic carbocycles. The van der Waals surface area contributed by atoms with Crippen molar-refractivity contribution in [3.63, 3.8) is 0 Å². The van der Waals surface area contributed by atoms with Crippen molar-refractivity contribution in [3.05, 3.63) is 24.3 Å². The third-order valence-corrected chi connectivity index (χ3v) is 2.14. The number of rotatable bonds is 4. The topological polar surface area (TPSA) is 46.0 Å². The molecule has 86 valence electrons. The fourth-order valence-electron chi connectivity index (χ4n) is 1.22. The summed E-state index contributed by atoms with van der Waals surface area (Å²) < 4.78 is 0. The lowest BCUT2D eigenvalue weighted by atomic mass is 10.1. The van der Waals surface area contributed by atoms with E-state index in [1.54, 1.807) is 12.4 Å². The van der Waals surface area contributed by atoms with Crippen LogP contribution in [0, 0.1) is 17.8 Å². The monoisotopic (exact) mass is 218 g/mol. The van der Waals surface area contributed by atoms with Gasteiger partial charge in [0.2, 0.25) is 0 Å². The average Bonchev–Trinajstić information content (AvgIpc) is 2.29. The maximum Gasteiger partial charge on any atom is 0.115 e. The van der Waals surface area contributed by atoms with E-state index in [9.17, 15) is 5.11 Å². The van der Waals surface area contributed by atoms with Gasteiger partial charge >= 0.3 is 0 Å². The predicted molar refractivity (Wildman–Crippen MR) is 63.5 cm³/mol. The van der Waals surface area contributed by atoms with Crippen molar-refractivity contribution in [3.8, 4) is 11.8 Å². The summed E-state index contributed by atoms with van der Waals surface area (Å²) in [7, 11) is 0. The van der Waals surface area contributed by atoms with Gasteiger partial charge in [0.05, 0.1) is 6.10 Å². The van der Waals surface area contributed by atoms with Crippen LogP contribution in [0.5, 0.6) is 0 Å². The molecule has 0 saturated carbocycles. The van der Waals surface area contributed by atoms with Crippen molar-refractivity contribution in [2.45, 2.75) is 39.2 Å². The van der Waals surface area contributed by atoms with Crippen LogP contribution in [0.1, 0.15) is 44.8 Å². The van der Waals surface area contributed by atoms with E-state index in [0.29, 0.717) is 18.8 Å². The summed E-state index contributed by atoms with van der Waals surface area (Å²) in [6.07, 6.45) is 6.50. The number of aromatic nitrogens is 2. The Morgan fingerprint density at radius 1 is 1.25 bits per heavy atom. The Hall–Kier alpha value is -1.40. The molecule has 1 atom stereocenters. The van der Waals surface area contributed by atoms with Gasteiger partial charge in [-0.05, 0) is 12.3 Å². The molecule has 1 heterocycles. The lowest BCUT2D eigenvalue weighted by Crippen LogP contribution is -1.98. The number of aliphatic hydroxyl groups excluding tert-OH is 1. The minimum Gasteiger partial charge on any atom is -0.388 e. The fraction of sp³-hybridized carbons (Fsp3) is 0.538. The standard InChI is InChI=1S/C13H18N2O/c1-11(2)6-4-3-5-7-13(16)12-8-14-10-15-9-12/h8-11,13,16H,5-7H2,1-2H3. The van der Waals surface area contributed by atoms with Crippen molar-refractivity contribution in [1.29, 1.82) is 0 Å². The molecule has 0 amide bonds. The zero-order chi connectivity index (χ0) is 11.8. The van der Waals surface area contributed by atoms with Crippen molar-refractivity contribution >= 4 is 0 Å². The number of hydrogen-bond acceptors (Lipinski definition) is 3.